The molecule has 0 bridgehead atoms. The Labute approximate surface area is 95.6 Å². The van der Waals surface area contributed by atoms with Gasteiger partial charge in [-0.1, -0.05) is 24.1 Å². The number of benzene rings is 1. The molecule has 0 saturated carbocycles. The van der Waals surface area contributed by atoms with Crippen LogP contribution in [0.25, 0.3) is 0 Å². The zero-order valence-electron chi connectivity index (χ0n) is 8.70. The average molecular weight is 239 g/mol. The predicted octanol–water partition coefficient (Wildman–Crippen LogP) is 0.303. The summed E-state index contributed by atoms with van der Waals surface area (Å²) in [5.74, 6) is 2.26. The molecular formula is C11H13NO3S. The van der Waals surface area contributed by atoms with Crippen molar-refractivity contribution >= 4 is 10.0 Å². The van der Waals surface area contributed by atoms with Crippen LogP contribution in [-0.4, -0.2) is 37.5 Å². The molecule has 0 atom stereocenters. The first kappa shape index (κ1) is 12.7. The van der Waals surface area contributed by atoms with E-state index in [9.17, 15) is 8.42 Å². The summed E-state index contributed by atoms with van der Waals surface area (Å²) in [5, 5.41) is 8.80. The van der Waals surface area contributed by atoms with Crippen LogP contribution in [0.5, 0.6) is 0 Å². The van der Waals surface area contributed by atoms with Crippen molar-refractivity contribution < 1.29 is 13.5 Å². The Balaban J connectivity index is 3.04. The van der Waals surface area contributed by atoms with Gasteiger partial charge in [0.05, 0.1) is 18.0 Å². The molecule has 0 aliphatic carbocycles. The highest BCUT2D eigenvalue weighted by Gasteiger charge is 2.22. The third-order valence-electron chi connectivity index (χ3n) is 2.00. The summed E-state index contributed by atoms with van der Waals surface area (Å²) in [6, 6.07) is 8.00. The molecule has 0 spiro atoms. The van der Waals surface area contributed by atoms with Gasteiger partial charge in [0.15, 0.2) is 0 Å². The van der Waals surface area contributed by atoms with E-state index in [2.05, 4.69) is 5.92 Å². The van der Waals surface area contributed by atoms with Gasteiger partial charge in [0.2, 0.25) is 10.0 Å². The van der Waals surface area contributed by atoms with E-state index in [0.717, 1.165) is 4.31 Å². The van der Waals surface area contributed by atoms with Crippen LogP contribution in [0, 0.1) is 12.3 Å². The van der Waals surface area contributed by atoms with Crippen molar-refractivity contribution in [2.45, 2.75) is 4.90 Å². The standard InChI is InChI=1S/C11H13NO3S/c1-2-8-12(9-10-13)16(14,15)11-6-4-3-5-7-11/h1,3-7,13H,8-10H2. The molecule has 5 heteroatoms. The van der Waals surface area contributed by atoms with Crippen molar-refractivity contribution in [2.75, 3.05) is 19.7 Å². The van der Waals surface area contributed by atoms with Gasteiger partial charge in [-0.3, -0.25) is 0 Å². The first-order valence-corrected chi connectivity index (χ1v) is 6.16. The van der Waals surface area contributed by atoms with Gasteiger partial charge in [-0.05, 0) is 12.1 Å². The summed E-state index contributed by atoms with van der Waals surface area (Å²) in [6.45, 7) is -0.299. The second-order valence-electron chi connectivity index (χ2n) is 3.08. The largest absolute Gasteiger partial charge is 0.395 e. The molecule has 0 fully saturated rings. The van der Waals surface area contributed by atoms with E-state index in [1.165, 1.54) is 12.1 Å². The second-order valence-corrected chi connectivity index (χ2v) is 5.02. The zero-order valence-corrected chi connectivity index (χ0v) is 9.52. The molecule has 0 radical (unpaired) electrons. The van der Waals surface area contributed by atoms with Gasteiger partial charge in [-0.2, -0.15) is 4.31 Å². The number of rotatable bonds is 5. The molecule has 0 aliphatic heterocycles. The summed E-state index contributed by atoms with van der Waals surface area (Å²) >= 11 is 0. The number of aliphatic hydroxyl groups is 1. The molecule has 1 aromatic rings. The molecule has 0 aliphatic rings. The van der Waals surface area contributed by atoms with Crippen LogP contribution in [0.4, 0.5) is 0 Å². The number of hydrogen-bond donors (Lipinski definition) is 1. The monoisotopic (exact) mass is 239 g/mol. The van der Waals surface area contributed by atoms with Gasteiger partial charge in [0.1, 0.15) is 0 Å². The maximum atomic E-state index is 12.0. The van der Waals surface area contributed by atoms with Crippen LogP contribution in [0.2, 0.25) is 0 Å². The minimum absolute atomic E-state index is 0.00142. The summed E-state index contributed by atoms with van der Waals surface area (Å²) in [5.41, 5.74) is 0. The van der Waals surface area contributed by atoms with E-state index < -0.39 is 10.0 Å². The molecule has 0 heterocycles. The van der Waals surface area contributed by atoms with Gasteiger partial charge in [0, 0.05) is 6.54 Å². The Bertz CT molecular complexity index is 462. The molecule has 86 valence electrons. The Kier molecular flexibility index (Phi) is 4.50. The number of sulfonamides is 1. The normalized spacial score (nSPS) is 11.3. The highest BCUT2D eigenvalue weighted by Crippen LogP contribution is 2.14. The van der Waals surface area contributed by atoms with Gasteiger partial charge in [-0.25, -0.2) is 8.42 Å². The molecule has 1 aromatic carbocycles. The highest BCUT2D eigenvalue weighted by atomic mass is 32.2. The minimum Gasteiger partial charge on any atom is -0.395 e. The molecule has 0 unspecified atom stereocenters. The van der Waals surface area contributed by atoms with Gasteiger partial charge in [0.25, 0.3) is 0 Å². The van der Waals surface area contributed by atoms with Crippen molar-refractivity contribution in [1.29, 1.82) is 0 Å². The molecule has 1 N–H and O–H groups in total. The number of aliphatic hydroxyl groups excluding tert-OH is 1. The molecule has 0 saturated heterocycles. The summed E-state index contributed by atoms with van der Waals surface area (Å²) in [4.78, 5) is 0.179. The minimum atomic E-state index is -3.59. The fourth-order valence-corrected chi connectivity index (χ4v) is 2.60. The predicted molar refractivity (Wildman–Crippen MR) is 61.1 cm³/mol. The molecule has 0 aromatic heterocycles. The third-order valence-corrected chi connectivity index (χ3v) is 3.86. The lowest BCUT2D eigenvalue weighted by Crippen LogP contribution is -2.33. The Morgan fingerprint density at radius 2 is 1.94 bits per heavy atom. The van der Waals surface area contributed by atoms with Gasteiger partial charge < -0.3 is 5.11 Å². The van der Waals surface area contributed by atoms with Gasteiger partial charge in [-0.15, -0.1) is 6.42 Å². The Hall–Kier alpha value is -1.35. The van der Waals surface area contributed by atoms with Crippen molar-refractivity contribution in [3.63, 3.8) is 0 Å². The van der Waals surface area contributed by atoms with Gasteiger partial charge >= 0.3 is 0 Å². The maximum Gasteiger partial charge on any atom is 0.244 e. The first-order valence-electron chi connectivity index (χ1n) is 4.72. The Morgan fingerprint density at radius 1 is 1.31 bits per heavy atom. The lowest BCUT2D eigenvalue weighted by molar-refractivity contribution is 0.261. The van der Waals surface area contributed by atoms with Crippen LogP contribution in [-0.2, 0) is 10.0 Å². The smallest absolute Gasteiger partial charge is 0.244 e. The summed E-state index contributed by atoms with van der Waals surface area (Å²) in [7, 11) is -3.59. The van der Waals surface area contributed by atoms with E-state index in [-0.39, 0.29) is 24.6 Å². The van der Waals surface area contributed by atoms with E-state index in [1.807, 2.05) is 0 Å². The third kappa shape index (κ3) is 2.83. The fraction of sp³-hybridized carbons (Fsp3) is 0.273. The Morgan fingerprint density at radius 3 is 2.44 bits per heavy atom. The SMILES string of the molecule is C#CCN(CCO)S(=O)(=O)c1ccccc1. The van der Waals surface area contributed by atoms with Crippen molar-refractivity contribution in [1.82, 2.24) is 4.31 Å². The van der Waals surface area contributed by atoms with Crippen molar-refractivity contribution in [3.05, 3.63) is 30.3 Å². The molecule has 4 nitrogen and oxygen atoms in total. The van der Waals surface area contributed by atoms with Crippen LogP contribution >= 0.6 is 0 Å². The molecule has 0 amide bonds. The highest BCUT2D eigenvalue weighted by molar-refractivity contribution is 7.89. The number of nitrogens with zero attached hydrogens (tertiary/aromatic N) is 1. The van der Waals surface area contributed by atoms with Crippen molar-refractivity contribution in [3.8, 4) is 12.3 Å². The second kappa shape index (κ2) is 5.66. The van der Waals surface area contributed by atoms with E-state index in [4.69, 9.17) is 11.5 Å². The van der Waals surface area contributed by atoms with Crippen LogP contribution in [0.3, 0.4) is 0 Å². The lowest BCUT2D eigenvalue weighted by atomic mass is 10.4. The van der Waals surface area contributed by atoms with Crippen LogP contribution in [0.15, 0.2) is 35.2 Å². The zero-order chi connectivity index (χ0) is 12.0. The molecule has 1 rings (SSSR count). The lowest BCUT2D eigenvalue weighted by Gasteiger charge is -2.18. The quantitative estimate of drug-likeness (QED) is 0.752. The van der Waals surface area contributed by atoms with E-state index in [1.54, 1.807) is 18.2 Å². The van der Waals surface area contributed by atoms with E-state index >= 15 is 0 Å². The van der Waals surface area contributed by atoms with Crippen LogP contribution < -0.4 is 0 Å². The van der Waals surface area contributed by atoms with Crippen LogP contribution in [0.1, 0.15) is 0 Å². The average Bonchev–Trinajstić information content (AvgIpc) is 2.30. The molecule has 16 heavy (non-hydrogen) atoms. The number of terminal acetylenes is 1. The summed E-state index contributed by atoms with van der Waals surface area (Å²) in [6.07, 6.45) is 5.10. The topological polar surface area (TPSA) is 57.6 Å². The van der Waals surface area contributed by atoms with E-state index in [0.29, 0.717) is 0 Å². The summed E-state index contributed by atoms with van der Waals surface area (Å²) < 4.78 is 25.1. The first-order chi connectivity index (χ1) is 7.62. The fourth-order valence-electron chi connectivity index (χ4n) is 1.24. The maximum absolute atomic E-state index is 12.0. The van der Waals surface area contributed by atoms with Crippen molar-refractivity contribution in [2.24, 2.45) is 0 Å². The number of hydrogen-bond acceptors (Lipinski definition) is 3. The molecular weight excluding hydrogens is 226 g/mol.